The fourth-order valence-electron chi connectivity index (χ4n) is 1.06. The van der Waals surface area contributed by atoms with E-state index >= 15 is 0 Å². The van der Waals surface area contributed by atoms with Gasteiger partial charge in [0, 0.05) is 0 Å². The molecule has 0 heterocycles. The summed E-state index contributed by atoms with van der Waals surface area (Å²) in [5, 5.41) is 0. The molecule has 0 unspecified atom stereocenters. The first kappa shape index (κ1) is 10.7. The molecule has 0 amide bonds. The van der Waals surface area contributed by atoms with Gasteiger partial charge in [-0.25, -0.2) is 0 Å². The summed E-state index contributed by atoms with van der Waals surface area (Å²) in [5.74, 6) is 0. The summed E-state index contributed by atoms with van der Waals surface area (Å²) in [6.45, 7) is 0. The lowest BCUT2D eigenvalue weighted by atomic mass is 10.0. The maximum Gasteiger partial charge on any atom is -0.00793 e. The van der Waals surface area contributed by atoms with E-state index in [1.165, 1.54) is 38.5 Å². The molecular weight excluding hydrogens is 160 g/mol. The highest BCUT2D eigenvalue weighted by molar-refractivity contribution is 8.76. The standard InChI is InChI=1S/C6H12.C2H6S2/c1-2-4-6-5-3-1;1-3-4-2/h1-6H2;1-2H3. The third-order valence-electron chi connectivity index (χ3n) is 1.67. The van der Waals surface area contributed by atoms with Gasteiger partial charge in [0.2, 0.25) is 0 Å². The van der Waals surface area contributed by atoms with E-state index in [0.29, 0.717) is 0 Å². The minimum absolute atomic E-state index is 1.50. The summed E-state index contributed by atoms with van der Waals surface area (Å²) in [6, 6.07) is 0. The van der Waals surface area contributed by atoms with Crippen LogP contribution in [0.5, 0.6) is 0 Å². The minimum Gasteiger partial charge on any atom is -0.0979 e. The Morgan fingerprint density at radius 1 is 0.600 bits per heavy atom. The fourth-order valence-corrected chi connectivity index (χ4v) is 1.06. The molecule has 0 bridgehead atoms. The van der Waals surface area contributed by atoms with Crippen LogP contribution in [0.1, 0.15) is 38.5 Å². The summed E-state index contributed by atoms with van der Waals surface area (Å²) in [4.78, 5) is 0. The summed E-state index contributed by atoms with van der Waals surface area (Å²) in [7, 11) is 3.55. The van der Waals surface area contributed by atoms with Gasteiger partial charge in [-0.15, -0.1) is 0 Å². The van der Waals surface area contributed by atoms with Gasteiger partial charge in [0.1, 0.15) is 0 Å². The van der Waals surface area contributed by atoms with Crippen LogP contribution >= 0.6 is 21.6 Å². The minimum atomic E-state index is 1.50. The monoisotopic (exact) mass is 178 g/mol. The Labute approximate surface area is 72.9 Å². The Morgan fingerprint density at radius 2 is 0.800 bits per heavy atom. The number of rotatable bonds is 1. The van der Waals surface area contributed by atoms with Crippen LogP contribution in [0.25, 0.3) is 0 Å². The van der Waals surface area contributed by atoms with Gasteiger partial charge in [0.25, 0.3) is 0 Å². The third-order valence-corrected chi connectivity index (χ3v) is 3.00. The van der Waals surface area contributed by atoms with Gasteiger partial charge in [0.15, 0.2) is 0 Å². The first-order valence-corrected chi connectivity index (χ1v) is 6.95. The fraction of sp³-hybridized carbons (Fsp3) is 1.00. The van der Waals surface area contributed by atoms with E-state index in [1.54, 1.807) is 21.6 Å². The summed E-state index contributed by atoms with van der Waals surface area (Å²) < 4.78 is 0. The molecule has 10 heavy (non-hydrogen) atoms. The van der Waals surface area contributed by atoms with Crippen molar-refractivity contribution in [2.24, 2.45) is 0 Å². The second-order valence-corrected chi connectivity index (χ2v) is 5.12. The molecule has 1 saturated carbocycles. The van der Waals surface area contributed by atoms with Crippen LogP contribution in [0, 0.1) is 0 Å². The van der Waals surface area contributed by atoms with Crippen LogP contribution in [0.2, 0.25) is 0 Å². The molecule has 0 aliphatic heterocycles. The van der Waals surface area contributed by atoms with Crippen molar-refractivity contribution in [1.82, 2.24) is 0 Å². The molecule has 0 radical (unpaired) electrons. The molecule has 1 rings (SSSR count). The van der Waals surface area contributed by atoms with Crippen molar-refractivity contribution in [3.63, 3.8) is 0 Å². The lowest BCUT2D eigenvalue weighted by Crippen LogP contribution is -1.85. The average molecular weight is 178 g/mol. The maximum atomic E-state index is 2.06. The largest absolute Gasteiger partial charge is 0.0979 e. The van der Waals surface area contributed by atoms with Crippen molar-refractivity contribution in [2.45, 2.75) is 38.5 Å². The number of hydrogen-bond donors (Lipinski definition) is 0. The Kier molecular flexibility index (Phi) is 10.4. The smallest absolute Gasteiger partial charge is 0.00793 e. The zero-order valence-corrected chi connectivity index (χ0v) is 8.69. The van der Waals surface area contributed by atoms with Crippen LogP contribution in [0.3, 0.4) is 0 Å². The van der Waals surface area contributed by atoms with Crippen molar-refractivity contribution in [1.29, 1.82) is 0 Å². The molecule has 0 saturated heterocycles. The van der Waals surface area contributed by atoms with Gasteiger partial charge in [-0.3, -0.25) is 0 Å². The lowest BCUT2D eigenvalue weighted by Gasteiger charge is -2.05. The molecule has 0 aromatic carbocycles. The Bertz CT molecular complexity index is 37.7. The van der Waals surface area contributed by atoms with E-state index < -0.39 is 0 Å². The summed E-state index contributed by atoms with van der Waals surface area (Å²) in [5.41, 5.74) is 0. The van der Waals surface area contributed by atoms with E-state index in [9.17, 15) is 0 Å². The van der Waals surface area contributed by atoms with Gasteiger partial charge in [0.05, 0.1) is 0 Å². The van der Waals surface area contributed by atoms with Crippen molar-refractivity contribution in [3.8, 4) is 0 Å². The SMILES string of the molecule is C1CCCCC1.CSSC. The van der Waals surface area contributed by atoms with Gasteiger partial charge < -0.3 is 0 Å². The van der Waals surface area contributed by atoms with Crippen LogP contribution in [-0.4, -0.2) is 12.5 Å². The average Bonchev–Trinajstić information content (AvgIpc) is 2.08. The van der Waals surface area contributed by atoms with Crippen LogP contribution < -0.4 is 0 Å². The summed E-state index contributed by atoms with van der Waals surface area (Å²) >= 11 is 0. The first-order chi connectivity index (χ1) is 4.91. The molecule has 0 aromatic rings. The van der Waals surface area contributed by atoms with Crippen LogP contribution in [0.4, 0.5) is 0 Å². The molecular formula is C8H18S2. The zero-order valence-electron chi connectivity index (χ0n) is 7.06. The van der Waals surface area contributed by atoms with Crippen LogP contribution in [-0.2, 0) is 0 Å². The molecule has 0 nitrogen and oxygen atoms in total. The molecule has 0 aromatic heterocycles. The van der Waals surface area contributed by atoms with Gasteiger partial charge >= 0.3 is 0 Å². The second kappa shape index (κ2) is 9.70. The molecule has 1 aliphatic carbocycles. The summed E-state index contributed by atoms with van der Waals surface area (Å²) in [6.07, 6.45) is 13.1. The van der Waals surface area contributed by atoms with E-state index in [1.807, 2.05) is 0 Å². The van der Waals surface area contributed by atoms with Crippen molar-refractivity contribution in [2.75, 3.05) is 12.5 Å². The molecule has 0 spiro atoms. The van der Waals surface area contributed by atoms with Crippen LogP contribution in [0.15, 0.2) is 0 Å². The van der Waals surface area contributed by atoms with Crippen molar-refractivity contribution in [3.05, 3.63) is 0 Å². The molecule has 1 fully saturated rings. The predicted molar refractivity (Wildman–Crippen MR) is 54.7 cm³/mol. The van der Waals surface area contributed by atoms with E-state index in [4.69, 9.17) is 0 Å². The lowest BCUT2D eigenvalue weighted by molar-refractivity contribution is 0.504. The predicted octanol–water partition coefficient (Wildman–Crippen LogP) is 3.97. The van der Waals surface area contributed by atoms with Crippen molar-refractivity contribution >= 4 is 21.6 Å². The van der Waals surface area contributed by atoms with Gasteiger partial charge in [-0.05, 0) is 12.5 Å². The zero-order chi connectivity index (χ0) is 7.66. The van der Waals surface area contributed by atoms with Gasteiger partial charge in [-0.1, -0.05) is 60.1 Å². The highest BCUT2D eigenvalue weighted by Gasteiger charge is 1.95. The Balaban J connectivity index is 0.000000180. The highest BCUT2D eigenvalue weighted by Crippen LogP contribution is 2.15. The van der Waals surface area contributed by atoms with E-state index in [-0.39, 0.29) is 0 Å². The topological polar surface area (TPSA) is 0 Å². The van der Waals surface area contributed by atoms with E-state index in [2.05, 4.69) is 12.5 Å². The molecule has 1 aliphatic rings. The molecule has 0 atom stereocenters. The van der Waals surface area contributed by atoms with Crippen molar-refractivity contribution < 1.29 is 0 Å². The molecule has 2 heteroatoms. The normalized spacial score (nSPS) is 17.4. The van der Waals surface area contributed by atoms with Gasteiger partial charge in [-0.2, -0.15) is 0 Å². The Morgan fingerprint density at radius 3 is 0.900 bits per heavy atom. The third kappa shape index (κ3) is 8.70. The maximum absolute atomic E-state index is 2.06. The number of hydrogen-bond acceptors (Lipinski definition) is 2. The Hall–Kier alpha value is 0.700. The van der Waals surface area contributed by atoms with E-state index in [0.717, 1.165) is 0 Å². The first-order valence-electron chi connectivity index (χ1n) is 3.98. The quantitative estimate of drug-likeness (QED) is 0.557. The highest BCUT2D eigenvalue weighted by atomic mass is 33.1. The second-order valence-electron chi connectivity index (χ2n) is 2.45. The molecule has 62 valence electrons. The molecule has 0 N–H and O–H groups in total.